The predicted molar refractivity (Wildman–Crippen MR) is 103 cm³/mol. The van der Waals surface area contributed by atoms with Gasteiger partial charge in [0.15, 0.2) is 0 Å². The van der Waals surface area contributed by atoms with E-state index in [0.29, 0.717) is 25.0 Å². The van der Waals surface area contributed by atoms with Crippen molar-refractivity contribution in [2.24, 2.45) is 7.05 Å². The van der Waals surface area contributed by atoms with Crippen LogP contribution in [0.1, 0.15) is 17.1 Å². The van der Waals surface area contributed by atoms with Crippen molar-refractivity contribution in [3.8, 4) is 0 Å². The van der Waals surface area contributed by atoms with Gasteiger partial charge in [0.25, 0.3) is 0 Å². The minimum atomic E-state index is -1.26. The molecule has 2 heterocycles. The molecule has 3 rings (SSSR count). The Morgan fingerprint density at radius 3 is 2.29 bits per heavy atom. The highest BCUT2D eigenvalue weighted by Gasteiger charge is 2.12. The number of hydrogen-bond acceptors (Lipinski definition) is 4. The highest BCUT2D eigenvalue weighted by atomic mass is 16.4. The van der Waals surface area contributed by atoms with Gasteiger partial charge in [-0.05, 0) is 24.4 Å². The molecule has 8 heteroatoms. The summed E-state index contributed by atoms with van der Waals surface area (Å²) in [4.78, 5) is 38.5. The van der Waals surface area contributed by atoms with Crippen LogP contribution in [-0.2, 0) is 34.3 Å². The monoisotopic (exact) mass is 383 g/mol. The number of carboxylic acid groups (broad SMARTS) is 2. The second kappa shape index (κ2) is 9.31. The zero-order valence-corrected chi connectivity index (χ0v) is 15.5. The van der Waals surface area contributed by atoms with Gasteiger partial charge in [-0.2, -0.15) is 0 Å². The zero-order chi connectivity index (χ0) is 20.7. The first kappa shape index (κ1) is 20.6. The number of fused-ring (bicyclic) bond motifs is 1. The Labute approximate surface area is 161 Å². The number of aromatic nitrogens is 3. The maximum Gasteiger partial charge on any atom is 0.328 e. The van der Waals surface area contributed by atoms with Gasteiger partial charge in [0.1, 0.15) is 5.78 Å². The lowest BCUT2D eigenvalue weighted by Gasteiger charge is -2.03. The first-order chi connectivity index (χ1) is 13.3. The average Bonchev–Trinajstić information content (AvgIpc) is 3.18. The molecule has 0 fully saturated rings. The highest BCUT2D eigenvalue weighted by Crippen LogP contribution is 2.19. The number of carbonyl (C=O) groups is 3. The molecule has 3 aromatic rings. The van der Waals surface area contributed by atoms with Crippen molar-refractivity contribution in [2.45, 2.75) is 19.8 Å². The minimum Gasteiger partial charge on any atom is -0.478 e. The first-order valence-corrected chi connectivity index (χ1v) is 8.45. The first-order valence-electron chi connectivity index (χ1n) is 8.45. The van der Waals surface area contributed by atoms with E-state index in [1.807, 2.05) is 26.1 Å². The third-order valence-corrected chi connectivity index (χ3v) is 4.10. The summed E-state index contributed by atoms with van der Waals surface area (Å²) in [5.41, 5.74) is 4.01. The van der Waals surface area contributed by atoms with Gasteiger partial charge < -0.3 is 19.8 Å². The van der Waals surface area contributed by atoms with E-state index in [0.717, 1.165) is 22.6 Å². The summed E-state index contributed by atoms with van der Waals surface area (Å²) in [5, 5.41) is 16.8. The van der Waals surface area contributed by atoms with E-state index < -0.39 is 11.9 Å². The van der Waals surface area contributed by atoms with Gasteiger partial charge >= 0.3 is 11.9 Å². The lowest BCUT2D eigenvalue weighted by Crippen LogP contribution is -2.10. The van der Waals surface area contributed by atoms with E-state index in [4.69, 9.17) is 10.2 Å². The number of Topliss-reactive ketones (excluding diaryl/α,β-unsaturated/α-hetero) is 1. The average molecular weight is 383 g/mol. The fourth-order valence-corrected chi connectivity index (χ4v) is 2.67. The highest BCUT2D eigenvalue weighted by molar-refractivity contribution is 5.89. The van der Waals surface area contributed by atoms with Crippen LogP contribution in [0.3, 0.4) is 0 Å². The van der Waals surface area contributed by atoms with Crippen LogP contribution in [0.4, 0.5) is 0 Å². The van der Waals surface area contributed by atoms with Crippen LogP contribution < -0.4 is 0 Å². The van der Waals surface area contributed by atoms with E-state index in [-0.39, 0.29) is 5.78 Å². The van der Waals surface area contributed by atoms with Crippen molar-refractivity contribution in [1.82, 2.24) is 14.5 Å². The number of para-hydroxylation sites is 1. The number of hydrogen-bond donors (Lipinski definition) is 3. The number of carboxylic acids is 2. The summed E-state index contributed by atoms with van der Waals surface area (Å²) < 4.78 is 2.09. The van der Waals surface area contributed by atoms with Crippen molar-refractivity contribution in [3.63, 3.8) is 0 Å². The van der Waals surface area contributed by atoms with Crippen molar-refractivity contribution in [1.29, 1.82) is 0 Å². The maximum absolute atomic E-state index is 12.2. The molecule has 0 saturated carbocycles. The fourth-order valence-electron chi connectivity index (χ4n) is 2.67. The number of aromatic amines is 1. The van der Waals surface area contributed by atoms with Crippen LogP contribution in [0.5, 0.6) is 0 Å². The van der Waals surface area contributed by atoms with E-state index in [1.165, 1.54) is 5.39 Å². The number of carbonyl (C=O) groups excluding carboxylic acids is 1. The topological polar surface area (TPSA) is 125 Å². The largest absolute Gasteiger partial charge is 0.478 e. The molecule has 0 unspecified atom stereocenters. The normalized spacial score (nSPS) is 10.6. The number of rotatable bonds is 6. The van der Waals surface area contributed by atoms with Crippen LogP contribution in [0.2, 0.25) is 0 Å². The van der Waals surface area contributed by atoms with Crippen LogP contribution in [0.25, 0.3) is 10.9 Å². The van der Waals surface area contributed by atoms with E-state index in [1.54, 1.807) is 6.33 Å². The molecule has 0 radical (unpaired) electrons. The Morgan fingerprint density at radius 2 is 1.75 bits per heavy atom. The quantitative estimate of drug-likeness (QED) is 0.561. The Kier molecular flexibility index (Phi) is 6.86. The van der Waals surface area contributed by atoms with E-state index in [2.05, 4.69) is 32.7 Å². The standard InChI is InChI=1S/C16H17N3O.C4H4O4/c1-11-15(18-10-17-11)9-14(20)8-13-7-12-5-3-4-6-16(12)19(13)2;5-3(6)1-2-4(7)8/h3-7,10H,8-9H2,1-2H3,(H,17,18);1-2H,(H,5,6)(H,7,8)/b;2-1-. The van der Waals surface area contributed by atoms with Crippen molar-refractivity contribution in [3.05, 3.63) is 65.9 Å². The summed E-state index contributed by atoms with van der Waals surface area (Å²) in [6.45, 7) is 1.94. The number of ketones is 1. The third kappa shape index (κ3) is 5.66. The summed E-state index contributed by atoms with van der Waals surface area (Å²) >= 11 is 0. The van der Waals surface area contributed by atoms with Gasteiger partial charge in [0.05, 0.1) is 18.4 Å². The fraction of sp³-hybridized carbons (Fsp3) is 0.200. The lowest BCUT2D eigenvalue weighted by molar-refractivity contribution is -0.134. The molecule has 146 valence electrons. The Hall–Kier alpha value is -3.68. The van der Waals surface area contributed by atoms with E-state index >= 15 is 0 Å². The molecule has 0 bridgehead atoms. The summed E-state index contributed by atoms with van der Waals surface area (Å²) in [5.74, 6) is -2.33. The Morgan fingerprint density at radius 1 is 1.11 bits per heavy atom. The Balaban J connectivity index is 0.000000300. The van der Waals surface area contributed by atoms with Crippen molar-refractivity contribution >= 4 is 28.6 Å². The summed E-state index contributed by atoms with van der Waals surface area (Å²) in [6.07, 6.45) is 3.58. The second-order valence-electron chi connectivity index (χ2n) is 6.13. The van der Waals surface area contributed by atoms with Crippen molar-refractivity contribution < 1.29 is 24.6 Å². The zero-order valence-electron chi connectivity index (χ0n) is 15.5. The van der Waals surface area contributed by atoms with Crippen molar-refractivity contribution in [2.75, 3.05) is 0 Å². The number of benzene rings is 1. The van der Waals surface area contributed by atoms with Gasteiger partial charge in [-0.3, -0.25) is 4.79 Å². The number of aliphatic carboxylic acids is 2. The van der Waals surface area contributed by atoms with Gasteiger partial charge in [0.2, 0.25) is 0 Å². The molecular weight excluding hydrogens is 362 g/mol. The van der Waals surface area contributed by atoms with Crippen LogP contribution in [-0.4, -0.2) is 42.5 Å². The molecule has 8 nitrogen and oxygen atoms in total. The summed E-state index contributed by atoms with van der Waals surface area (Å²) in [6, 6.07) is 10.3. The number of H-pyrrole nitrogens is 1. The molecule has 0 aliphatic heterocycles. The smallest absolute Gasteiger partial charge is 0.328 e. The number of imidazole rings is 1. The predicted octanol–water partition coefficient (Wildman–Crippen LogP) is 2.28. The molecule has 0 aliphatic carbocycles. The van der Waals surface area contributed by atoms with Gasteiger partial charge in [-0.15, -0.1) is 0 Å². The summed E-state index contributed by atoms with van der Waals surface area (Å²) in [7, 11) is 2.00. The Bertz CT molecular complexity index is 1010. The molecule has 0 spiro atoms. The third-order valence-electron chi connectivity index (χ3n) is 4.10. The second-order valence-corrected chi connectivity index (χ2v) is 6.13. The van der Waals surface area contributed by atoms with Gasteiger partial charge in [0, 0.05) is 42.5 Å². The molecular formula is C20H21N3O5. The molecule has 3 N–H and O–H groups in total. The minimum absolute atomic E-state index is 0.186. The molecule has 2 aromatic heterocycles. The van der Waals surface area contributed by atoms with Crippen LogP contribution in [0, 0.1) is 6.92 Å². The SMILES string of the molecule is Cc1[nH]cnc1CC(=O)Cc1cc2ccccc2n1C.O=C(O)/C=C\C(=O)O. The number of nitrogens with zero attached hydrogens (tertiary/aromatic N) is 2. The molecule has 0 aliphatic rings. The molecule has 1 aromatic carbocycles. The van der Waals surface area contributed by atoms with Gasteiger partial charge in [-0.1, -0.05) is 18.2 Å². The van der Waals surface area contributed by atoms with Crippen LogP contribution in [0.15, 0.2) is 48.8 Å². The van der Waals surface area contributed by atoms with Crippen LogP contribution >= 0.6 is 0 Å². The maximum atomic E-state index is 12.2. The molecule has 0 saturated heterocycles. The molecule has 0 atom stereocenters. The molecule has 0 amide bonds. The lowest BCUT2D eigenvalue weighted by atomic mass is 10.1. The van der Waals surface area contributed by atoms with E-state index in [9.17, 15) is 14.4 Å². The van der Waals surface area contributed by atoms with Gasteiger partial charge in [-0.25, -0.2) is 14.6 Å². The molecule has 28 heavy (non-hydrogen) atoms. The number of aryl methyl sites for hydroxylation is 2. The number of nitrogens with one attached hydrogen (secondary N) is 1.